The zero-order valence-corrected chi connectivity index (χ0v) is 24.8. The van der Waals surface area contributed by atoms with Gasteiger partial charge in [-0.2, -0.15) is 0 Å². The number of esters is 5. The Kier molecular flexibility index (Phi) is 8.20. The van der Waals surface area contributed by atoms with E-state index in [2.05, 4.69) is 0 Å². The van der Waals surface area contributed by atoms with Crippen LogP contribution >= 0.6 is 0 Å². The van der Waals surface area contributed by atoms with Crippen molar-refractivity contribution in [1.29, 1.82) is 0 Å². The molecule has 42 heavy (non-hydrogen) atoms. The Morgan fingerprint density at radius 2 is 1.40 bits per heavy atom. The van der Waals surface area contributed by atoms with Crippen molar-refractivity contribution in [2.24, 2.45) is 11.3 Å². The van der Waals surface area contributed by atoms with Crippen molar-refractivity contribution < 1.29 is 57.5 Å². The highest BCUT2D eigenvalue weighted by Gasteiger charge is 2.87. The molecule has 1 aromatic rings. The first kappa shape index (κ1) is 31.4. The molecule has 0 amide bonds. The molecule has 1 heterocycles. The second-order valence-electron chi connectivity index (χ2n) is 12.0. The molecule has 1 saturated heterocycles. The molecule has 4 rings (SSSR count). The van der Waals surface area contributed by atoms with Gasteiger partial charge in [-0.3, -0.25) is 19.2 Å². The minimum absolute atomic E-state index is 0.000388. The van der Waals surface area contributed by atoms with Crippen molar-refractivity contribution in [2.75, 3.05) is 6.61 Å². The van der Waals surface area contributed by atoms with E-state index < -0.39 is 89.0 Å². The van der Waals surface area contributed by atoms with Crippen LogP contribution in [-0.4, -0.2) is 82.8 Å². The number of hydrogen-bond acceptors (Lipinski definition) is 12. The fraction of sp³-hybridized carbons (Fsp3) is 0.633. The second-order valence-corrected chi connectivity index (χ2v) is 12.0. The molecule has 2 saturated carbocycles. The SMILES string of the molecule is CC(=O)OC[C@@]12[C@@H](OC(=O)c3ccccc3)CC[C@](C)(O)[C@]13OC(C)(C)[C@H]([C@H](OC(C)=O)[C@H]2OC(C)=O)[C@H]3OC(C)=O. The summed E-state index contributed by atoms with van der Waals surface area (Å²) < 4.78 is 36.1. The maximum Gasteiger partial charge on any atom is 0.338 e. The maximum atomic E-state index is 13.5. The van der Waals surface area contributed by atoms with Crippen LogP contribution in [0.3, 0.4) is 0 Å². The molecule has 2 bridgehead atoms. The zero-order valence-electron chi connectivity index (χ0n) is 24.8. The quantitative estimate of drug-likeness (QED) is 0.365. The summed E-state index contributed by atoms with van der Waals surface area (Å²) in [6.07, 6.45) is -5.38. The largest absolute Gasteiger partial charge is 0.465 e. The minimum Gasteiger partial charge on any atom is -0.465 e. The predicted molar refractivity (Wildman–Crippen MR) is 143 cm³/mol. The second kappa shape index (κ2) is 11.0. The molecule has 2 aliphatic carbocycles. The fourth-order valence-electron chi connectivity index (χ4n) is 7.43. The van der Waals surface area contributed by atoms with Gasteiger partial charge in [-0.1, -0.05) is 18.2 Å². The van der Waals surface area contributed by atoms with Crippen molar-refractivity contribution >= 4 is 29.8 Å². The monoisotopic (exact) mass is 590 g/mol. The predicted octanol–water partition coefficient (Wildman–Crippen LogP) is 2.28. The number of ether oxygens (including phenoxy) is 6. The topological polar surface area (TPSA) is 161 Å². The van der Waals surface area contributed by atoms with Crippen LogP contribution in [0.25, 0.3) is 0 Å². The molecule has 12 nitrogen and oxygen atoms in total. The van der Waals surface area contributed by atoms with Gasteiger partial charge in [0.1, 0.15) is 30.3 Å². The Labute approximate surface area is 243 Å². The number of carbonyl (C=O) groups is 5. The van der Waals surface area contributed by atoms with Crippen molar-refractivity contribution in [3.05, 3.63) is 35.9 Å². The summed E-state index contributed by atoms with van der Waals surface area (Å²) in [6.45, 7) is 8.87. The average molecular weight is 591 g/mol. The molecule has 0 unspecified atom stereocenters. The van der Waals surface area contributed by atoms with Gasteiger partial charge < -0.3 is 33.5 Å². The number of aliphatic hydroxyl groups is 1. The van der Waals surface area contributed by atoms with Crippen LogP contribution in [0.2, 0.25) is 0 Å². The summed E-state index contributed by atoms with van der Waals surface area (Å²) in [5.41, 5.74) is -6.79. The van der Waals surface area contributed by atoms with Gasteiger partial charge in [-0.15, -0.1) is 0 Å². The molecule has 1 aliphatic heterocycles. The van der Waals surface area contributed by atoms with Gasteiger partial charge in [0.25, 0.3) is 0 Å². The number of rotatable bonds is 7. The fourth-order valence-corrected chi connectivity index (χ4v) is 7.43. The summed E-state index contributed by atoms with van der Waals surface area (Å²) in [7, 11) is 0. The van der Waals surface area contributed by atoms with Crippen LogP contribution in [-0.2, 0) is 47.6 Å². The van der Waals surface area contributed by atoms with E-state index in [-0.39, 0.29) is 18.4 Å². The van der Waals surface area contributed by atoms with E-state index in [9.17, 15) is 29.1 Å². The number of hydrogen-bond donors (Lipinski definition) is 1. The minimum atomic E-state index is -1.98. The smallest absolute Gasteiger partial charge is 0.338 e. The van der Waals surface area contributed by atoms with Gasteiger partial charge in [0.2, 0.25) is 0 Å². The third-order valence-electron chi connectivity index (χ3n) is 8.73. The van der Waals surface area contributed by atoms with Gasteiger partial charge in [0.15, 0.2) is 11.7 Å². The Balaban J connectivity index is 2.07. The van der Waals surface area contributed by atoms with Crippen LogP contribution < -0.4 is 0 Å². The normalized spacial score (nSPS) is 36.1. The number of carbonyl (C=O) groups excluding carboxylic acids is 5. The average Bonchev–Trinajstić information content (AvgIpc) is 3.07. The molecule has 12 heteroatoms. The van der Waals surface area contributed by atoms with Crippen molar-refractivity contribution in [3.8, 4) is 0 Å². The Bertz CT molecular complexity index is 1260. The summed E-state index contributed by atoms with van der Waals surface area (Å²) in [5.74, 6) is -4.68. The van der Waals surface area contributed by atoms with E-state index in [0.717, 1.165) is 13.8 Å². The Morgan fingerprint density at radius 3 is 1.95 bits per heavy atom. The lowest BCUT2D eigenvalue weighted by Gasteiger charge is -2.65. The molecule has 0 aromatic heterocycles. The zero-order chi connectivity index (χ0) is 31.3. The van der Waals surface area contributed by atoms with E-state index in [4.69, 9.17) is 28.4 Å². The van der Waals surface area contributed by atoms with Crippen molar-refractivity contribution in [3.63, 3.8) is 0 Å². The van der Waals surface area contributed by atoms with E-state index >= 15 is 0 Å². The lowest BCUT2D eigenvalue weighted by Crippen LogP contribution is -2.83. The van der Waals surface area contributed by atoms with Crippen LogP contribution in [0.4, 0.5) is 0 Å². The first-order valence-corrected chi connectivity index (χ1v) is 13.8. The van der Waals surface area contributed by atoms with Gasteiger partial charge >= 0.3 is 29.8 Å². The van der Waals surface area contributed by atoms with Gasteiger partial charge in [0.05, 0.1) is 22.7 Å². The van der Waals surface area contributed by atoms with E-state index in [1.165, 1.54) is 20.8 Å². The van der Waals surface area contributed by atoms with Crippen molar-refractivity contribution in [2.45, 2.75) is 103 Å². The highest BCUT2D eigenvalue weighted by atomic mass is 16.6. The Morgan fingerprint density at radius 1 is 0.833 bits per heavy atom. The molecular weight excluding hydrogens is 552 g/mol. The summed E-state index contributed by atoms with van der Waals surface area (Å²) in [6, 6.07) is 8.14. The summed E-state index contributed by atoms with van der Waals surface area (Å²) >= 11 is 0. The molecule has 1 spiro atoms. The molecule has 230 valence electrons. The van der Waals surface area contributed by atoms with E-state index in [1.807, 2.05) is 0 Å². The van der Waals surface area contributed by atoms with E-state index in [0.29, 0.717) is 0 Å². The highest BCUT2D eigenvalue weighted by Crippen LogP contribution is 2.69. The summed E-state index contributed by atoms with van der Waals surface area (Å²) in [5, 5.41) is 12.2. The van der Waals surface area contributed by atoms with Gasteiger partial charge in [-0.05, 0) is 45.7 Å². The Hall–Kier alpha value is -3.51. The standard InChI is InChI=1S/C30H38O12/c1-16(31)37-15-29-21(41-26(35)20-11-9-8-10-12-20)13-14-28(7,36)30(29)24(39-18(3)33)22(27(5,6)42-30)23(38-17(2)32)25(29)40-19(4)34/h8-12,21-25,36H,13-15H2,1-7H3/t21-,22+,23-,24+,25+,28-,29-,30-/m0/s1. The summed E-state index contributed by atoms with van der Waals surface area (Å²) in [4.78, 5) is 63.7. The molecule has 3 aliphatic rings. The van der Waals surface area contributed by atoms with Crippen LogP contribution in [0.5, 0.6) is 0 Å². The molecule has 0 radical (unpaired) electrons. The molecule has 1 N–H and O–H groups in total. The van der Waals surface area contributed by atoms with Crippen LogP contribution in [0.1, 0.15) is 71.7 Å². The lowest BCUT2D eigenvalue weighted by molar-refractivity contribution is -0.349. The van der Waals surface area contributed by atoms with Gasteiger partial charge in [-0.25, -0.2) is 4.79 Å². The van der Waals surface area contributed by atoms with Gasteiger partial charge in [0, 0.05) is 27.7 Å². The van der Waals surface area contributed by atoms with Crippen molar-refractivity contribution in [1.82, 2.24) is 0 Å². The third-order valence-corrected chi connectivity index (χ3v) is 8.73. The lowest BCUT2D eigenvalue weighted by atomic mass is 9.46. The maximum absolute atomic E-state index is 13.5. The van der Waals surface area contributed by atoms with Crippen LogP contribution in [0.15, 0.2) is 30.3 Å². The molecule has 3 fully saturated rings. The third kappa shape index (κ3) is 4.94. The first-order chi connectivity index (χ1) is 19.5. The first-order valence-electron chi connectivity index (χ1n) is 13.8. The number of benzene rings is 1. The highest BCUT2D eigenvalue weighted by molar-refractivity contribution is 5.89. The molecule has 1 aromatic carbocycles. The van der Waals surface area contributed by atoms with E-state index in [1.54, 1.807) is 44.2 Å². The number of fused-ring (bicyclic) bond motifs is 1. The van der Waals surface area contributed by atoms with Crippen LogP contribution in [0, 0.1) is 11.3 Å². The molecule has 8 atom stereocenters. The molecular formula is C30H38O12.